The van der Waals surface area contributed by atoms with Crippen molar-refractivity contribution in [3.8, 4) is 11.1 Å². The van der Waals surface area contributed by atoms with E-state index in [2.05, 4.69) is 54.6 Å². The monoisotopic (exact) mass is 389 g/mol. The van der Waals surface area contributed by atoms with Gasteiger partial charge < -0.3 is 10.0 Å². The number of anilines is 1. The lowest BCUT2D eigenvalue weighted by Gasteiger charge is -2.31. The molecule has 0 amide bonds. The number of rotatable bonds is 5. The van der Waals surface area contributed by atoms with Crippen LogP contribution in [0.4, 0.5) is 5.82 Å². The highest BCUT2D eigenvalue weighted by atomic mass is 16.4. The van der Waals surface area contributed by atoms with Crippen molar-refractivity contribution in [2.24, 2.45) is 0 Å². The number of carboxylic acids is 1. The van der Waals surface area contributed by atoms with Crippen LogP contribution in [0.3, 0.4) is 0 Å². The van der Waals surface area contributed by atoms with E-state index >= 15 is 0 Å². The van der Waals surface area contributed by atoms with Crippen LogP contribution < -0.4 is 4.90 Å². The summed E-state index contributed by atoms with van der Waals surface area (Å²) in [4.78, 5) is 13.5. The highest BCUT2D eigenvalue weighted by molar-refractivity contribution is 5.87. The Balaban J connectivity index is 1.75. The van der Waals surface area contributed by atoms with E-state index in [0.717, 1.165) is 37.3 Å². The maximum absolute atomic E-state index is 11.1. The second-order valence-corrected chi connectivity index (χ2v) is 8.03. The van der Waals surface area contributed by atoms with Crippen LogP contribution in [0.2, 0.25) is 0 Å². The highest BCUT2D eigenvalue weighted by Crippen LogP contribution is 2.40. The Labute approximate surface area is 171 Å². The molecule has 0 spiro atoms. The molecule has 0 radical (unpaired) electrons. The van der Waals surface area contributed by atoms with Gasteiger partial charge in [0.1, 0.15) is 5.82 Å². The molecule has 0 aliphatic carbocycles. The molecule has 5 nitrogen and oxygen atoms in total. The van der Waals surface area contributed by atoms with Crippen LogP contribution >= 0.6 is 0 Å². The number of benzene rings is 2. The SMILES string of the molecule is Cc1nn2c(c1-c1ccccc1C(C)C)N(Cc1ccc(C(=O)O)cc1)CCC2. The first kappa shape index (κ1) is 19.2. The van der Waals surface area contributed by atoms with Crippen LogP contribution in [-0.4, -0.2) is 27.4 Å². The zero-order valence-corrected chi connectivity index (χ0v) is 17.2. The molecule has 0 saturated heterocycles. The Bertz CT molecular complexity index is 1030. The summed E-state index contributed by atoms with van der Waals surface area (Å²) in [6.07, 6.45) is 1.05. The Hall–Kier alpha value is -3.08. The number of nitrogens with zero attached hydrogens (tertiary/aromatic N) is 3. The molecule has 1 aliphatic heterocycles. The number of aromatic nitrogens is 2. The van der Waals surface area contributed by atoms with E-state index in [9.17, 15) is 4.79 Å². The summed E-state index contributed by atoms with van der Waals surface area (Å²) in [5.74, 6) is 0.710. The van der Waals surface area contributed by atoms with E-state index in [4.69, 9.17) is 10.2 Å². The van der Waals surface area contributed by atoms with Gasteiger partial charge in [0, 0.05) is 25.2 Å². The van der Waals surface area contributed by atoms with Gasteiger partial charge in [0.25, 0.3) is 0 Å². The number of fused-ring (bicyclic) bond motifs is 1. The standard InChI is InChI=1S/C24H27N3O2/c1-16(2)20-7-4-5-8-21(20)22-17(3)25-27-14-6-13-26(23(22)27)15-18-9-11-19(12-10-18)24(28)29/h4-5,7-12,16H,6,13-15H2,1-3H3,(H,28,29). The fourth-order valence-electron chi connectivity index (χ4n) is 4.23. The van der Waals surface area contributed by atoms with E-state index < -0.39 is 5.97 Å². The van der Waals surface area contributed by atoms with Crippen molar-refractivity contribution in [2.45, 2.75) is 46.2 Å². The van der Waals surface area contributed by atoms with E-state index in [0.29, 0.717) is 11.5 Å². The summed E-state index contributed by atoms with van der Waals surface area (Å²) in [6.45, 7) is 9.18. The summed E-state index contributed by atoms with van der Waals surface area (Å²) in [7, 11) is 0. The van der Waals surface area contributed by atoms with E-state index in [-0.39, 0.29) is 0 Å². The smallest absolute Gasteiger partial charge is 0.335 e. The summed E-state index contributed by atoms with van der Waals surface area (Å²) in [5.41, 5.74) is 6.29. The fraction of sp³-hybridized carbons (Fsp3) is 0.333. The molecule has 1 N–H and O–H groups in total. The lowest BCUT2D eigenvalue weighted by atomic mass is 9.92. The van der Waals surface area contributed by atoms with Gasteiger partial charge in [0.2, 0.25) is 0 Å². The van der Waals surface area contributed by atoms with Gasteiger partial charge in [0.05, 0.1) is 11.3 Å². The quantitative estimate of drug-likeness (QED) is 0.660. The molecule has 0 unspecified atom stereocenters. The van der Waals surface area contributed by atoms with Gasteiger partial charge in [0.15, 0.2) is 0 Å². The third-order valence-electron chi connectivity index (χ3n) is 5.62. The van der Waals surface area contributed by atoms with E-state index in [1.807, 2.05) is 12.1 Å². The lowest BCUT2D eigenvalue weighted by Crippen LogP contribution is -2.32. The van der Waals surface area contributed by atoms with Gasteiger partial charge in [-0.1, -0.05) is 50.2 Å². The zero-order valence-electron chi connectivity index (χ0n) is 17.2. The number of aryl methyl sites for hydroxylation is 2. The van der Waals surface area contributed by atoms with E-state index in [1.54, 1.807) is 12.1 Å². The molecule has 2 aromatic carbocycles. The largest absolute Gasteiger partial charge is 0.478 e. The Morgan fingerprint density at radius 2 is 1.83 bits per heavy atom. The van der Waals surface area contributed by atoms with Gasteiger partial charge in [-0.15, -0.1) is 0 Å². The van der Waals surface area contributed by atoms with Crippen molar-refractivity contribution < 1.29 is 9.90 Å². The molecular weight excluding hydrogens is 362 g/mol. The molecular formula is C24H27N3O2. The second-order valence-electron chi connectivity index (χ2n) is 8.03. The lowest BCUT2D eigenvalue weighted by molar-refractivity contribution is 0.0697. The van der Waals surface area contributed by atoms with Crippen LogP contribution in [0.5, 0.6) is 0 Å². The van der Waals surface area contributed by atoms with Crippen LogP contribution in [0.25, 0.3) is 11.1 Å². The summed E-state index contributed by atoms with van der Waals surface area (Å²) < 4.78 is 2.14. The molecule has 2 heterocycles. The highest BCUT2D eigenvalue weighted by Gasteiger charge is 2.27. The number of aromatic carboxylic acids is 1. The first-order valence-electron chi connectivity index (χ1n) is 10.2. The minimum Gasteiger partial charge on any atom is -0.478 e. The molecule has 0 saturated carbocycles. The predicted molar refractivity (Wildman–Crippen MR) is 116 cm³/mol. The molecule has 1 aromatic heterocycles. The van der Waals surface area contributed by atoms with Gasteiger partial charge in [-0.2, -0.15) is 5.10 Å². The zero-order chi connectivity index (χ0) is 20.5. The van der Waals surface area contributed by atoms with E-state index in [1.165, 1.54) is 22.5 Å². The van der Waals surface area contributed by atoms with Crippen molar-refractivity contribution in [1.82, 2.24) is 9.78 Å². The van der Waals surface area contributed by atoms with Crippen molar-refractivity contribution in [2.75, 3.05) is 11.4 Å². The summed E-state index contributed by atoms with van der Waals surface area (Å²) in [5, 5.41) is 14.0. The molecule has 5 heteroatoms. The Kier molecular flexibility index (Phi) is 5.14. The van der Waals surface area contributed by atoms with Crippen molar-refractivity contribution in [1.29, 1.82) is 0 Å². The normalized spacial score (nSPS) is 13.6. The molecule has 150 valence electrons. The van der Waals surface area contributed by atoms with Gasteiger partial charge in [-0.3, -0.25) is 0 Å². The minimum atomic E-state index is -0.893. The van der Waals surface area contributed by atoms with Crippen molar-refractivity contribution in [3.05, 3.63) is 70.9 Å². The first-order valence-corrected chi connectivity index (χ1v) is 10.2. The summed E-state index contributed by atoms with van der Waals surface area (Å²) in [6, 6.07) is 15.8. The van der Waals surface area contributed by atoms with Gasteiger partial charge >= 0.3 is 5.97 Å². The maximum Gasteiger partial charge on any atom is 0.335 e. The Morgan fingerprint density at radius 1 is 1.10 bits per heavy atom. The topological polar surface area (TPSA) is 58.4 Å². The predicted octanol–water partition coefficient (Wildman–Crippen LogP) is 5.09. The molecule has 3 aromatic rings. The average molecular weight is 389 g/mol. The van der Waals surface area contributed by atoms with Crippen LogP contribution in [0, 0.1) is 6.92 Å². The Morgan fingerprint density at radius 3 is 2.52 bits per heavy atom. The van der Waals surface area contributed by atoms with Crippen LogP contribution in [0.1, 0.15) is 53.4 Å². The maximum atomic E-state index is 11.1. The van der Waals surface area contributed by atoms with Gasteiger partial charge in [-0.25, -0.2) is 9.48 Å². The molecule has 29 heavy (non-hydrogen) atoms. The molecule has 4 rings (SSSR count). The molecule has 0 fully saturated rings. The van der Waals surface area contributed by atoms with Gasteiger partial charge in [-0.05, 0) is 48.1 Å². The number of carbonyl (C=O) groups is 1. The third-order valence-corrected chi connectivity index (χ3v) is 5.62. The van der Waals surface area contributed by atoms with Crippen LogP contribution in [-0.2, 0) is 13.1 Å². The number of carboxylic acid groups (broad SMARTS) is 1. The van der Waals surface area contributed by atoms with Crippen LogP contribution in [0.15, 0.2) is 48.5 Å². The second kappa shape index (κ2) is 7.74. The molecule has 1 aliphatic rings. The first-order chi connectivity index (χ1) is 14.0. The fourth-order valence-corrected chi connectivity index (χ4v) is 4.23. The molecule has 0 atom stereocenters. The number of hydrogen-bond donors (Lipinski definition) is 1. The van der Waals surface area contributed by atoms with Crippen molar-refractivity contribution >= 4 is 11.8 Å². The number of hydrogen-bond acceptors (Lipinski definition) is 3. The summed E-state index contributed by atoms with van der Waals surface area (Å²) >= 11 is 0. The molecule has 0 bridgehead atoms. The minimum absolute atomic E-state index is 0.319. The van der Waals surface area contributed by atoms with Crippen molar-refractivity contribution in [3.63, 3.8) is 0 Å². The average Bonchev–Trinajstić information content (AvgIpc) is 3.05. The third kappa shape index (κ3) is 3.65.